The minimum absolute atomic E-state index is 0.226. The summed E-state index contributed by atoms with van der Waals surface area (Å²) in [5, 5.41) is 4.42. The van der Waals surface area contributed by atoms with Crippen molar-refractivity contribution in [3.05, 3.63) is 53.9 Å². The summed E-state index contributed by atoms with van der Waals surface area (Å²) in [6.45, 7) is 4.23. The molecule has 0 fully saturated rings. The van der Waals surface area contributed by atoms with Gasteiger partial charge in [0, 0.05) is 12.4 Å². The predicted molar refractivity (Wildman–Crippen MR) is 80.6 cm³/mol. The number of anilines is 1. The fourth-order valence-corrected chi connectivity index (χ4v) is 3.10. The second-order valence-corrected chi connectivity index (χ2v) is 5.62. The number of rotatable bonds is 3. The molecule has 1 atom stereocenters. The summed E-state index contributed by atoms with van der Waals surface area (Å²) in [5.41, 5.74) is 3.53. The van der Waals surface area contributed by atoms with E-state index in [0.29, 0.717) is 0 Å². The molecule has 3 aromatic rings. The molecule has 2 aromatic heterocycles. The molecule has 96 valence electrons. The molecule has 0 amide bonds. The summed E-state index contributed by atoms with van der Waals surface area (Å²) in [5.74, 6) is 0. The fourth-order valence-electron chi connectivity index (χ4n) is 2.07. The number of aryl methyl sites for hydroxylation is 1. The number of pyridine rings is 1. The van der Waals surface area contributed by atoms with Crippen molar-refractivity contribution in [3.63, 3.8) is 0 Å². The van der Waals surface area contributed by atoms with Crippen LogP contribution >= 0.6 is 11.3 Å². The highest BCUT2D eigenvalue weighted by Gasteiger charge is 2.09. The van der Waals surface area contributed by atoms with Crippen molar-refractivity contribution in [2.24, 2.45) is 0 Å². The molecule has 3 rings (SSSR count). The lowest BCUT2D eigenvalue weighted by atomic mass is 10.1. The lowest BCUT2D eigenvalue weighted by Crippen LogP contribution is -2.06. The molecule has 1 unspecified atom stereocenters. The summed E-state index contributed by atoms with van der Waals surface area (Å²) in [6, 6.07) is 10.6. The Morgan fingerprint density at radius 1 is 1.16 bits per heavy atom. The van der Waals surface area contributed by atoms with Gasteiger partial charge in [-0.3, -0.25) is 4.98 Å². The van der Waals surface area contributed by atoms with Gasteiger partial charge in [0.1, 0.15) is 0 Å². The van der Waals surface area contributed by atoms with Crippen LogP contribution in [0.4, 0.5) is 5.13 Å². The number of benzene rings is 1. The number of nitrogens with zero attached hydrogens (tertiary/aromatic N) is 2. The summed E-state index contributed by atoms with van der Waals surface area (Å²) >= 11 is 1.70. The maximum atomic E-state index is 4.67. The van der Waals surface area contributed by atoms with E-state index in [4.69, 9.17) is 0 Å². The topological polar surface area (TPSA) is 37.8 Å². The normalized spacial score (nSPS) is 12.5. The first kappa shape index (κ1) is 12.1. The molecule has 0 bridgehead atoms. The van der Waals surface area contributed by atoms with Crippen molar-refractivity contribution in [1.29, 1.82) is 0 Å². The van der Waals surface area contributed by atoms with Crippen molar-refractivity contribution in [2.45, 2.75) is 19.9 Å². The summed E-state index contributed by atoms with van der Waals surface area (Å²) in [6.07, 6.45) is 3.63. The van der Waals surface area contributed by atoms with Gasteiger partial charge in [-0.15, -0.1) is 0 Å². The van der Waals surface area contributed by atoms with E-state index in [1.165, 1.54) is 15.8 Å². The molecule has 0 radical (unpaired) electrons. The van der Waals surface area contributed by atoms with Crippen molar-refractivity contribution in [2.75, 3.05) is 5.32 Å². The summed E-state index contributed by atoms with van der Waals surface area (Å²) in [4.78, 5) is 8.71. The van der Waals surface area contributed by atoms with Crippen LogP contribution in [0.25, 0.3) is 10.2 Å². The van der Waals surface area contributed by atoms with Crippen LogP contribution in [0.3, 0.4) is 0 Å². The number of nitrogens with one attached hydrogen (secondary N) is 1. The second-order valence-electron chi connectivity index (χ2n) is 4.59. The fraction of sp³-hybridized carbons (Fsp3) is 0.200. The van der Waals surface area contributed by atoms with Gasteiger partial charge in [-0.05, 0) is 43.2 Å². The van der Waals surface area contributed by atoms with Crippen molar-refractivity contribution in [3.8, 4) is 0 Å². The molecular formula is C15H15N3S. The summed E-state index contributed by atoms with van der Waals surface area (Å²) in [7, 11) is 0. The Morgan fingerprint density at radius 2 is 1.95 bits per heavy atom. The van der Waals surface area contributed by atoms with Crippen LogP contribution in [0, 0.1) is 6.92 Å². The van der Waals surface area contributed by atoms with Gasteiger partial charge >= 0.3 is 0 Å². The Kier molecular flexibility index (Phi) is 3.17. The minimum Gasteiger partial charge on any atom is -0.355 e. The Balaban J connectivity index is 1.88. The van der Waals surface area contributed by atoms with Gasteiger partial charge in [-0.2, -0.15) is 0 Å². The quantitative estimate of drug-likeness (QED) is 0.775. The molecule has 3 nitrogen and oxygen atoms in total. The highest BCUT2D eigenvalue weighted by atomic mass is 32.1. The standard InChI is InChI=1S/C15H15N3S/c1-10-4-3-5-13-14(10)18-15(19-13)17-11(2)12-6-8-16-9-7-12/h3-9,11H,1-2H3,(H,17,18). The number of para-hydroxylation sites is 1. The van der Waals surface area contributed by atoms with Crippen LogP contribution < -0.4 is 5.32 Å². The van der Waals surface area contributed by atoms with Crippen molar-refractivity contribution >= 4 is 26.7 Å². The largest absolute Gasteiger partial charge is 0.355 e. The molecule has 1 aromatic carbocycles. The van der Waals surface area contributed by atoms with Crippen LogP contribution in [0.15, 0.2) is 42.7 Å². The van der Waals surface area contributed by atoms with E-state index < -0.39 is 0 Å². The highest BCUT2D eigenvalue weighted by Crippen LogP contribution is 2.30. The molecular weight excluding hydrogens is 254 g/mol. The number of thiazole rings is 1. The lowest BCUT2D eigenvalue weighted by Gasteiger charge is -2.12. The van der Waals surface area contributed by atoms with Crippen LogP contribution in [-0.2, 0) is 0 Å². The summed E-state index contributed by atoms with van der Waals surface area (Å²) < 4.78 is 1.23. The number of hydrogen-bond donors (Lipinski definition) is 1. The van der Waals surface area contributed by atoms with Crippen LogP contribution in [0.1, 0.15) is 24.1 Å². The molecule has 2 heterocycles. The molecule has 4 heteroatoms. The maximum Gasteiger partial charge on any atom is 0.184 e. The van der Waals surface area contributed by atoms with Crippen LogP contribution in [0.2, 0.25) is 0 Å². The average molecular weight is 269 g/mol. The predicted octanol–water partition coefficient (Wildman–Crippen LogP) is 4.17. The number of aromatic nitrogens is 2. The second kappa shape index (κ2) is 4.97. The third kappa shape index (κ3) is 2.44. The lowest BCUT2D eigenvalue weighted by molar-refractivity contribution is 0.878. The smallest absolute Gasteiger partial charge is 0.184 e. The molecule has 0 saturated heterocycles. The van der Waals surface area contributed by atoms with Gasteiger partial charge < -0.3 is 5.32 Å². The van der Waals surface area contributed by atoms with Gasteiger partial charge in [0.05, 0.1) is 16.3 Å². The third-order valence-corrected chi connectivity index (χ3v) is 4.12. The van der Waals surface area contributed by atoms with Crippen LogP contribution in [0.5, 0.6) is 0 Å². The number of fused-ring (bicyclic) bond motifs is 1. The SMILES string of the molecule is Cc1cccc2sc(NC(C)c3ccncc3)nc12. The third-order valence-electron chi connectivity index (χ3n) is 3.17. The first-order valence-corrected chi connectivity index (χ1v) is 7.08. The van der Waals surface area contributed by atoms with Gasteiger partial charge in [-0.1, -0.05) is 23.5 Å². The monoisotopic (exact) mass is 269 g/mol. The minimum atomic E-state index is 0.226. The zero-order valence-corrected chi connectivity index (χ0v) is 11.7. The van der Waals surface area contributed by atoms with E-state index in [1.807, 2.05) is 24.5 Å². The van der Waals surface area contributed by atoms with Gasteiger partial charge in [-0.25, -0.2) is 4.98 Å². The average Bonchev–Trinajstić information content (AvgIpc) is 2.84. The Labute approximate surface area is 116 Å². The van der Waals surface area contributed by atoms with E-state index in [2.05, 4.69) is 47.3 Å². The van der Waals surface area contributed by atoms with E-state index in [1.54, 1.807) is 11.3 Å². The van der Waals surface area contributed by atoms with E-state index in [-0.39, 0.29) is 6.04 Å². The molecule has 0 aliphatic heterocycles. The molecule has 1 N–H and O–H groups in total. The zero-order valence-electron chi connectivity index (χ0n) is 10.9. The van der Waals surface area contributed by atoms with Crippen molar-refractivity contribution < 1.29 is 0 Å². The van der Waals surface area contributed by atoms with E-state index in [0.717, 1.165) is 10.6 Å². The Bertz CT molecular complexity index is 691. The Hall–Kier alpha value is -1.94. The molecule has 0 aliphatic carbocycles. The molecule has 0 spiro atoms. The van der Waals surface area contributed by atoms with E-state index in [9.17, 15) is 0 Å². The zero-order chi connectivity index (χ0) is 13.2. The van der Waals surface area contributed by atoms with Crippen molar-refractivity contribution in [1.82, 2.24) is 9.97 Å². The van der Waals surface area contributed by atoms with Crippen LogP contribution in [-0.4, -0.2) is 9.97 Å². The molecule has 0 saturated carbocycles. The highest BCUT2D eigenvalue weighted by molar-refractivity contribution is 7.22. The molecule has 19 heavy (non-hydrogen) atoms. The van der Waals surface area contributed by atoms with Gasteiger partial charge in [0.25, 0.3) is 0 Å². The van der Waals surface area contributed by atoms with Gasteiger partial charge in [0.2, 0.25) is 0 Å². The van der Waals surface area contributed by atoms with Gasteiger partial charge in [0.15, 0.2) is 5.13 Å². The van der Waals surface area contributed by atoms with E-state index >= 15 is 0 Å². The first-order chi connectivity index (χ1) is 9.24. The molecule has 0 aliphatic rings. The number of hydrogen-bond acceptors (Lipinski definition) is 4. The first-order valence-electron chi connectivity index (χ1n) is 6.26. The maximum absolute atomic E-state index is 4.67. The Morgan fingerprint density at radius 3 is 2.68 bits per heavy atom.